The van der Waals surface area contributed by atoms with Crippen molar-refractivity contribution in [1.29, 1.82) is 0 Å². The Morgan fingerprint density at radius 2 is 2.33 bits per heavy atom. The van der Waals surface area contributed by atoms with Gasteiger partial charge in [-0.15, -0.1) is 0 Å². The van der Waals surface area contributed by atoms with Gasteiger partial charge in [-0.05, 0) is 25.1 Å². The number of hydrazine groups is 1. The topological polar surface area (TPSA) is 88.3 Å². The van der Waals surface area contributed by atoms with E-state index in [1.807, 2.05) is 13.1 Å². The molecule has 3 N–H and O–H groups in total. The SMILES string of the molecule is CN(Cc1ccc(NN)nc1)C1CCS(=O)(=O)C1. The van der Waals surface area contributed by atoms with Gasteiger partial charge < -0.3 is 5.43 Å². The minimum Gasteiger partial charge on any atom is -0.308 e. The molecule has 100 valence electrons. The van der Waals surface area contributed by atoms with Crippen LogP contribution >= 0.6 is 0 Å². The van der Waals surface area contributed by atoms with Crippen LogP contribution in [0.2, 0.25) is 0 Å². The molecule has 0 spiro atoms. The van der Waals surface area contributed by atoms with E-state index in [9.17, 15) is 8.42 Å². The molecule has 0 aliphatic carbocycles. The molecular formula is C11H18N4O2S. The molecule has 2 rings (SSSR count). The van der Waals surface area contributed by atoms with Crippen LogP contribution in [-0.4, -0.2) is 42.9 Å². The van der Waals surface area contributed by atoms with Gasteiger partial charge in [-0.25, -0.2) is 19.2 Å². The van der Waals surface area contributed by atoms with Gasteiger partial charge in [0, 0.05) is 18.8 Å². The van der Waals surface area contributed by atoms with E-state index in [2.05, 4.69) is 15.3 Å². The maximum absolute atomic E-state index is 11.4. The number of hydrogen-bond acceptors (Lipinski definition) is 6. The third-order valence-corrected chi connectivity index (χ3v) is 4.99. The summed E-state index contributed by atoms with van der Waals surface area (Å²) in [6, 6.07) is 3.85. The van der Waals surface area contributed by atoms with Gasteiger partial charge in [0.15, 0.2) is 9.84 Å². The normalized spacial score (nSPS) is 22.3. The number of anilines is 1. The molecule has 0 bridgehead atoms. The van der Waals surface area contributed by atoms with E-state index >= 15 is 0 Å². The number of aromatic nitrogens is 1. The van der Waals surface area contributed by atoms with Gasteiger partial charge in [0.05, 0.1) is 11.5 Å². The highest BCUT2D eigenvalue weighted by Crippen LogP contribution is 2.18. The standard InChI is InChI=1S/C11H18N4O2S/c1-15(10-4-5-18(16,17)8-10)7-9-2-3-11(14-12)13-6-9/h2-3,6,10H,4-5,7-8,12H2,1H3,(H,13,14). The first-order valence-electron chi connectivity index (χ1n) is 5.82. The van der Waals surface area contributed by atoms with E-state index in [0.717, 1.165) is 5.56 Å². The fourth-order valence-electron chi connectivity index (χ4n) is 2.14. The summed E-state index contributed by atoms with van der Waals surface area (Å²) in [6.45, 7) is 0.692. The molecule has 18 heavy (non-hydrogen) atoms. The van der Waals surface area contributed by atoms with Crippen molar-refractivity contribution in [2.24, 2.45) is 5.84 Å². The second-order valence-electron chi connectivity index (χ2n) is 4.67. The van der Waals surface area contributed by atoms with Crippen molar-refractivity contribution in [2.45, 2.75) is 19.0 Å². The minimum absolute atomic E-state index is 0.113. The van der Waals surface area contributed by atoms with E-state index in [0.29, 0.717) is 24.5 Å². The summed E-state index contributed by atoms with van der Waals surface area (Å²) < 4.78 is 22.8. The Kier molecular flexibility index (Phi) is 3.84. The van der Waals surface area contributed by atoms with Crippen LogP contribution in [0.1, 0.15) is 12.0 Å². The molecule has 1 saturated heterocycles. The number of sulfone groups is 1. The average Bonchev–Trinajstić information content (AvgIpc) is 2.71. The second-order valence-corrected chi connectivity index (χ2v) is 6.90. The van der Waals surface area contributed by atoms with E-state index in [1.54, 1.807) is 12.3 Å². The van der Waals surface area contributed by atoms with E-state index in [-0.39, 0.29) is 11.8 Å². The Morgan fingerprint density at radius 3 is 2.83 bits per heavy atom. The summed E-state index contributed by atoms with van der Waals surface area (Å²) >= 11 is 0. The number of nitrogen functional groups attached to an aromatic ring is 1. The van der Waals surface area contributed by atoms with Gasteiger partial charge in [0.25, 0.3) is 0 Å². The highest BCUT2D eigenvalue weighted by atomic mass is 32.2. The van der Waals surface area contributed by atoms with Crippen LogP contribution < -0.4 is 11.3 Å². The third-order valence-electron chi connectivity index (χ3n) is 3.24. The zero-order chi connectivity index (χ0) is 13.2. The van der Waals surface area contributed by atoms with Crippen molar-refractivity contribution in [3.05, 3.63) is 23.9 Å². The number of hydrogen-bond donors (Lipinski definition) is 2. The Hall–Kier alpha value is -1.18. The lowest BCUT2D eigenvalue weighted by molar-refractivity contribution is 0.253. The molecule has 1 aromatic rings. The second kappa shape index (κ2) is 5.21. The lowest BCUT2D eigenvalue weighted by Gasteiger charge is -2.22. The molecule has 1 aliphatic rings. The van der Waals surface area contributed by atoms with Crippen LogP contribution in [0.4, 0.5) is 5.82 Å². The zero-order valence-electron chi connectivity index (χ0n) is 10.3. The fraction of sp³-hybridized carbons (Fsp3) is 0.545. The van der Waals surface area contributed by atoms with Crippen molar-refractivity contribution in [3.63, 3.8) is 0 Å². The van der Waals surface area contributed by atoms with Gasteiger partial charge >= 0.3 is 0 Å². The van der Waals surface area contributed by atoms with Crippen LogP contribution in [0.5, 0.6) is 0 Å². The fourth-order valence-corrected chi connectivity index (χ4v) is 3.95. The van der Waals surface area contributed by atoms with Crippen molar-refractivity contribution in [1.82, 2.24) is 9.88 Å². The number of nitrogens with two attached hydrogens (primary N) is 1. The van der Waals surface area contributed by atoms with Crippen LogP contribution in [0.15, 0.2) is 18.3 Å². The van der Waals surface area contributed by atoms with Crippen molar-refractivity contribution < 1.29 is 8.42 Å². The van der Waals surface area contributed by atoms with Crippen molar-refractivity contribution in [2.75, 3.05) is 24.0 Å². The van der Waals surface area contributed by atoms with Gasteiger partial charge in [0.1, 0.15) is 5.82 Å². The Labute approximate surface area is 107 Å². The summed E-state index contributed by atoms with van der Waals surface area (Å²) in [5.41, 5.74) is 3.51. The first-order chi connectivity index (χ1) is 8.50. The van der Waals surface area contributed by atoms with Gasteiger partial charge in [-0.3, -0.25) is 4.90 Å². The first kappa shape index (κ1) is 13.3. The largest absolute Gasteiger partial charge is 0.308 e. The van der Waals surface area contributed by atoms with Crippen LogP contribution in [0, 0.1) is 0 Å². The quantitative estimate of drug-likeness (QED) is 0.591. The molecule has 1 fully saturated rings. The predicted molar refractivity (Wildman–Crippen MR) is 70.6 cm³/mol. The Bertz CT molecular complexity index is 500. The number of pyridine rings is 1. The first-order valence-corrected chi connectivity index (χ1v) is 7.64. The van der Waals surface area contributed by atoms with Crippen LogP contribution in [-0.2, 0) is 16.4 Å². The highest BCUT2D eigenvalue weighted by molar-refractivity contribution is 7.91. The predicted octanol–water partition coefficient (Wildman–Crippen LogP) is -0.0139. The third kappa shape index (κ3) is 3.18. The molecule has 0 aromatic carbocycles. The van der Waals surface area contributed by atoms with Crippen molar-refractivity contribution in [3.8, 4) is 0 Å². The zero-order valence-corrected chi connectivity index (χ0v) is 11.2. The van der Waals surface area contributed by atoms with Crippen molar-refractivity contribution >= 4 is 15.7 Å². The molecule has 0 saturated carbocycles. The molecular weight excluding hydrogens is 252 g/mol. The van der Waals surface area contributed by atoms with Gasteiger partial charge in [-0.2, -0.15) is 0 Å². The Morgan fingerprint density at radius 1 is 1.56 bits per heavy atom. The lowest BCUT2D eigenvalue weighted by Crippen LogP contribution is -2.32. The molecule has 1 aliphatic heterocycles. The molecule has 0 amide bonds. The highest BCUT2D eigenvalue weighted by Gasteiger charge is 2.30. The molecule has 1 atom stereocenters. The Balaban J connectivity index is 1.96. The monoisotopic (exact) mass is 270 g/mol. The maximum Gasteiger partial charge on any atom is 0.151 e. The summed E-state index contributed by atoms with van der Waals surface area (Å²) in [6.07, 6.45) is 2.46. The molecule has 6 nitrogen and oxygen atoms in total. The summed E-state index contributed by atoms with van der Waals surface area (Å²) in [5, 5.41) is 0. The number of nitrogens with zero attached hydrogens (tertiary/aromatic N) is 2. The van der Waals surface area contributed by atoms with Gasteiger partial charge in [0.2, 0.25) is 0 Å². The summed E-state index contributed by atoms with van der Waals surface area (Å²) in [5.74, 6) is 6.42. The van der Waals surface area contributed by atoms with E-state index < -0.39 is 9.84 Å². The molecule has 2 heterocycles. The maximum atomic E-state index is 11.4. The number of nitrogens with one attached hydrogen (secondary N) is 1. The molecule has 1 unspecified atom stereocenters. The van der Waals surface area contributed by atoms with Crippen LogP contribution in [0.3, 0.4) is 0 Å². The van der Waals surface area contributed by atoms with Gasteiger partial charge in [-0.1, -0.05) is 6.07 Å². The molecule has 0 radical (unpaired) electrons. The van der Waals surface area contributed by atoms with E-state index in [1.165, 1.54) is 0 Å². The van der Waals surface area contributed by atoms with Crippen LogP contribution in [0.25, 0.3) is 0 Å². The van der Waals surface area contributed by atoms with E-state index in [4.69, 9.17) is 5.84 Å². The lowest BCUT2D eigenvalue weighted by atomic mass is 10.2. The summed E-state index contributed by atoms with van der Waals surface area (Å²) in [7, 11) is -0.882. The minimum atomic E-state index is -2.83. The average molecular weight is 270 g/mol. The molecule has 7 heteroatoms. The number of rotatable bonds is 4. The summed E-state index contributed by atoms with van der Waals surface area (Å²) in [4.78, 5) is 6.19. The molecule has 1 aromatic heterocycles. The smallest absolute Gasteiger partial charge is 0.151 e.